The third-order valence-electron chi connectivity index (χ3n) is 2.67. The summed E-state index contributed by atoms with van der Waals surface area (Å²) >= 11 is 7.38. The van der Waals surface area contributed by atoms with Gasteiger partial charge in [0.2, 0.25) is 0 Å². The van der Waals surface area contributed by atoms with E-state index in [1.807, 2.05) is 0 Å². The zero-order valence-electron chi connectivity index (χ0n) is 10.9. The van der Waals surface area contributed by atoms with Gasteiger partial charge in [-0.3, -0.25) is 0 Å². The fraction of sp³-hybridized carbons (Fsp3) is 0.571. The highest BCUT2D eigenvalue weighted by molar-refractivity contribution is 9.11. The average Bonchev–Trinajstić information content (AvgIpc) is 2.04. The smallest absolute Gasteiger partial charge is 0.0216 e. The molecule has 0 aliphatic carbocycles. The Morgan fingerprint density at radius 3 is 1.12 bits per heavy atom. The summed E-state index contributed by atoms with van der Waals surface area (Å²) in [6, 6.07) is 4.48. The number of benzene rings is 1. The molecule has 2 heteroatoms. The van der Waals surface area contributed by atoms with E-state index < -0.39 is 0 Å². The first-order valence-corrected chi connectivity index (χ1v) is 7.12. The molecule has 0 saturated heterocycles. The van der Waals surface area contributed by atoms with Gasteiger partial charge in [-0.2, -0.15) is 0 Å². The van der Waals surface area contributed by atoms with E-state index in [1.54, 1.807) is 0 Å². The van der Waals surface area contributed by atoms with Crippen molar-refractivity contribution in [3.63, 3.8) is 0 Å². The van der Waals surface area contributed by atoms with Crippen LogP contribution in [0, 0.1) is 0 Å². The highest BCUT2D eigenvalue weighted by Gasteiger charge is 2.23. The molecule has 0 spiro atoms. The molecule has 90 valence electrons. The maximum atomic E-state index is 3.69. The fourth-order valence-corrected chi connectivity index (χ4v) is 3.57. The van der Waals surface area contributed by atoms with Crippen LogP contribution in [0.3, 0.4) is 0 Å². The largest absolute Gasteiger partial charge is 0.0560 e. The Morgan fingerprint density at radius 2 is 0.938 bits per heavy atom. The van der Waals surface area contributed by atoms with Crippen LogP contribution in [0.5, 0.6) is 0 Å². The highest BCUT2D eigenvalue weighted by Crippen LogP contribution is 2.38. The Kier molecular flexibility index (Phi) is 3.96. The van der Waals surface area contributed by atoms with Crippen molar-refractivity contribution in [2.75, 3.05) is 0 Å². The SMILES string of the molecule is CC(C)(C)c1cc(Br)c(C(C)(C)C)cc1Br. The standard InChI is InChI=1S/C14H20Br2/c1-13(2,3)9-7-12(16)10(8-11(9)15)14(4,5)6/h7-8H,1-6H3. The van der Waals surface area contributed by atoms with Crippen LogP contribution in [0.2, 0.25) is 0 Å². The Bertz CT molecular complexity index is 353. The highest BCUT2D eigenvalue weighted by atomic mass is 79.9. The van der Waals surface area contributed by atoms with Gasteiger partial charge in [-0.05, 0) is 34.1 Å². The molecule has 1 rings (SSSR count). The first-order valence-electron chi connectivity index (χ1n) is 5.53. The van der Waals surface area contributed by atoms with E-state index in [1.165, 1.54) is 20.1 Å². The Hall–Kier alpha value is 0.180. The van der Waals surface area contributed by atoms with Gasteiger partial charge in [0.05, 0.1) is 0 Å². The minimum Gasteiger partial charge on any atom is -0.0560 e. The first-order chi connectivity index (χ1) is 7.03. The Labute approximate surface area is 116 Å². The summed E-state index contributed by atoms with van der Waals surface area (Å²) in [7, 11) is 0. The van der Waals surface area contributed by atoms with Gasteiger partial charge in [0.25, 0.3) is 0 Å². The molecule has 1 aromatic rings. The van der Waals surface area contributed by atoms with Crippen molar-refractivity contribution in [3.05, 3.63) is 32.2 Å². The van der Waals surface area contributed by atoms with Crippen molar-refractivity contribution in [3.8, 4) is 0 Å². The van der Waals surface area contributed by atoms with Gasteiger partial charge in [0.1, 0.15) is 0 Å². The van der Waals surface area contributed by atoms with E-state index >= 15 is 0 Å². The van der Waals surface area contributed by atoms with Crippen LogP contribution in [0.1, 0.15) is 52.7 Å². The molecule has 0 atom stereocenters. The molecule has 0 N–H and O–H groups in total. The predicted octanol–water partition coefficient (Wildman–Crippen LogP) is 5.81. The molecule has 0 amide bonds. The first kappa shape index (κ1) is 14.2. The second-order valence-electron chi connectivity index (χ2n) is 6.31. The van der Waals surface area contributed by atoms with Gasteiger partial charge in [-0.25, -0.2) is 0 Å². The van der Waals surface area contributed by atoms with Crippen molar-refractivity contribution >= 4 is 31.9 Å². The summed E-state index contributed by atoms with van der Waals surface area (Å²) in [5.74, 6) is 0. The molecule has 0 bridgehead atoms. The number of hydrogen-bond acceptors (Lipinski definition) is 0. The van der Waals surface area contributed by atoms with Gasteiger partial charge in [0, 0.05) is 8.95 Å². The van der Waals surface area contributed by atoms with Crippen molar-refractivity contribution < 1.29 is 0 Å². The predicted molar refractivity (Wildman–Crippen MR) is 79.2 cm³/mol. The van der Waals surface area contributed by atoms with Crippen molar-refractivity contribution in [2.24, 2.45) is 0 Å². The molecule has 0 aliphatic heterocycles. The van der Waals surface area contributed by atoms with E-state index in [2.05, 4.69) is 85.5 Å². The monoisotopic (exact) mass is 346 g/mol. The second-order valence-corrected chi connectivity index (χ2v) is 8.02. The summed E-state index contributed by atoms with van der Waals surface area (Å²) in [5, 5.41) is 0. The molecule has 0 aromatic heterocycles. The molecule has 0 heterocycles. The molecule has 0 saturated carbocycles. The van der Waals surface area contributed by atoms with E-state index in [9.17, 15) is 0 Å². The molecule has 1 aromatic carbocycles. The Morgan fingerprint density at radius 1 is 0.688 bits per heavy atom. The van der Waals surface area contributed by atoms with Crippen LogP contribution in [-0.4, -0.2) is 0 Å². The van der Waals surface area contributed by atoms with E-state index in [0.717, 1.165) is 0 Å². The Balaban J connectivity index is 3.40. The van der Waals surface area contributed by atoms with Gasteiger partial charge in [0.15, 0.2) is 0 Å². The van der Waals surface area contributed by atoms with Crippen LogP contribution in [0.15, 0.2) is 21.1 Å². The molecule has 16 heavy (non-hydrogen) atoms. The molecule has 0 aliphatic rings. The lowest BCUT2D eigenvalue weighted by Gasteiger charge is -2.26. The van der Waals surface area contributed by atoms with Crippen molar-refractivity contribution in [1.82, 2.24) is 0 Å². The van der Waals surface area contributed by atoms with Crippen LogP contribution < -0.4 is 0 Å². The van der Waals surface area contributed by atoms with Crippen molar-refractivity contribution in [1.29, 1.82) is 0 Å². The quantitative estimate of drug-likeness (QED) is 0.555. The minimum atomic E-state index is 0.164. The normalized spacial score (nSPS) is 13.0. The maximum Gasteiger partial charge on any atom is 0.0216 e. The lowest BCUT2D eigenvalue weighted by atomic mass is 9.82. The summed E-state index contributed by atoms with van der Waals surface area (Å²) in [6.07, 6.45) is 0. The molecular weight excluding hydrogens is 328 g/mol. The molecular formula is C14H20Br2. The van der Waals surface area contributed by atoms with Crippen LogP contribution in [0.25, 0.3) is 0 Å². The van der Waals surface area contributed by atoms with Crippen molar-refractivity contribution in [2.45, 2.75) is 52.4 Å². The number of rotatable bonds is 0. The zero-order valence-corrected chi connectivity index (χ0v) is 14.1. The second kappa shape index (κ2) is 4.45. The van der Waals surface area contributed by atoms with Gasteiger partial charge in [-0.1, -0.05) is 73.4 Å². The topological polar surface area (TPSA) is 0 Å². The summed E-state index contributed by atoms with van der Waals surface area (Å²) in [6.45, 7) is 13.4. The van der Waals surface area contributed by atoms with Gasteiger partial charge < -0.3 is 0 Å². The summed E-state index contributed by atoms with van der Waals surface area (Å²) in [5.41, 5.74) is 3.01. The summed E-state index contributed by atoms with van der Waals surface area (Å²) in [4.78, 5) is 0. The number of halogens is 2. The third kappa shape index (κ3) is 3.10. The lowest BCUT2D eigenvalue weighted by Crippen LogP contribution is -2.16. The van der Waals surface area contributed by atoms with Crippen LogP contribution in [0.4, 0.5) is 0 Å². The molecule has 0 nitrogen and oxygen atoms in total. The van der Waals surface area contributed by atoms with E-state index in [4.69, 9.17) is 0 Å². The molecule has 0 fully saturated rings. The fourth-order valence-electron chi connectivity index (χ4n) is 1.70. The van der Waals surface area contributed by atoms with Gasteiger partial charge >= 0.3 is 0 Å². The number of hydrogen-bond donors (Lipinski definition) is 0. The maximum absolute atomic E-state index is 3.69. The van der Waals surface area contributed by atoms with Gasteiger partial charge in [-0.15, -0.1) is 0 Å². The molecule has 0 unspecified atom stereocenters. The minimum absolute atomic E-state index is 0.164. The van der Waals surface area contributed by atoms with E-state index in [0.29, 0.717) is 0 Å². The third-order valence-corrected chi connectivity index (χ3v) is 3.98. The molecule has 0 radical (unpaired) electrons. The zero-order chi connectivity index (χ0) is 12.7. The van der Waals surface area contributed by atoms with Crippen LogP contribution in [-0.2, 0) is 10.8 Å². The lowest BCUT2D eigenvalue weighted by molar-refractivity contribution is 0.571. The summed E-state index contributed by atoms with van der Waals surface area (Å²) < 4.78 is 2.40. The average molecular weight is 348 g/mol. The van der Waals surface area contributed by atoms with Crippen LogP contribution >= 0.6 is 31.9 Å². The van der Waals surface area contributed by atoms with E-state index in [-0.39, 0.29) is 10.8 Å².